The highest BCUT2D eigenvalue weighted by molar-refractivity contribution is 8.18. The number of phenols is 1. The molecule has 1 heterocycles. The van der Waals surface area contributed by atoms with Gasteiger partial charge in [0, 0.05) is 7.05 Å². The van der Waals surface area contributed by atoms with Gasteiger partial charge in [-0.3, -0.25) is 9.69 Å². The summed E-state index contributed by atoms with van der Waals surface area (Å²) in [6, 6.07) is 13.2. The van der Waals surface area contributed by atoms with Gasteiger partial charge in [-0.15, -0.1) is 0 Å². The van der Waals surface area contributed by atoms with Crippen LogP contribution in [0.2, 0.25) is 0 Å². The first-order valence-corrected chi connectivity index (χ1v) is 8.53. The maximum atomic E-state index is 12.4. The van der Waals surface area contributed by atoms with Crippen LogP contribution in [0.3, 0.4) is 0 Å². The molecule has 2 aromatic rings. The summed E-state index contributed by atoms with van der Waals surface area (Å²) in [5.41, 5.74) is 1.88. The summed E-state index contributed by atoms with van der Waals surface area (Å²) >= 11 is 1.27. The largest absolute Gasteiger partial charge is 0.508 e. The predicted molar refractivity (Wildman–Crippen MR) is 101 cm³/mol. The summed E-state index contributed by atoms with van der Waals surface area (Å²) in [6.45, 7) is 0. The Morgan fingerprint density at radius 3 is 2.42 bits per heavy atom. The van der Waals surface area contributed by atoms with Gasteiger partial charge in [-0.25, -0.2) is 9.79 Å². The number of ether oxygens (including phenoxy) is 1. The minimum Gasteiger partial charge on any atom is -0.508 e. The Bertz CT molecular complexity index is 902. The number of amides is 1. The van der Waals surface area contributed by atoms with Crippen molar-refractivity contribution >= 4 is 40.6 Å². The lowest BCUT2D eigenvalue weighted by Crippen LogP contribution is -2.23. The van der Waals surface area contributed by atoms with Gasteiger partial charge in [-0.05, 0) is 59.8 Å². The fourth-order valence-electron chi connectivity index (χ4n) is 2.27. The van der Waals surface area contributed by atoms with E-state index in [1.165, 1.54) is 23.8 Å². The standard InChI is InChI=1S/C19H16N2O4S/c1-21-17(23)16(11-12-3-9-15(22)10-4-12)26-19(21)20-14-7-5-13(6-8-14)18(24)25-2/h3-11,22H,1-2H3. The number of amidine groups is 1. The maximum absolute atomic E-state index is 12.4. The molecule has 1 fully saturated rings. The number of esters is 1. The topological polar surface area (TPSA) is 79.2 Å². The number of rotatable bonds is 3. The summed E-state index contributed by atoms with van der Waals surface area (Å²) in [7, 11) is 2.99. The van der Waals surface area contributed by atoms with Crippen LogP contribution in [0.5, 0.6) is 5.75 Å². The number of aliphatic imine (C=N–C) groups is 1. The van der Waals surface area contributed by atoms with Gasteiger partial charge in [0.05, 0.1) is 23.3 Å². The van der Waals surface area contributed by atoms with E-state index in [1.54, 1.807) is 61.7 Å². The van der Waals surface area contributed by atoms with Gasteiger partial charge in [0.25, 0.3) is 5.91 Å². The van der Waals surface area contributed by atoms with Crippen molar-refractivity contribution in [3.63, 3.8) is 0 Å². The monoisotopic (exact) mass is 368 g/mol. The van der Waals surface area contributed by atoms with Crippen LogP contribution in [0, 0.1) is 0 Å². The van der Waals surface area contributed by atoms with Crippen molar-refractivity contribution in [2.75, 3.05) is 14.2 Å². The van der Waals surface area contributed by atoms with Gasteiger partial charge in [-0.2, -0.15) is 0 Å². The summed E-state index contributed by atoms with van der Waals surface area (Å²) in [5, 5.41) is 9.89. The fourth-order valence-corrected chi connectivity index (χ4v) is 3.26. The minimum absolute atomic E-state index is 0.145. The Labute approximate surface area is 154 Å². The molecule has 0 radical (unpaired) electrons. The summed E-state index contributed by atoms with van der Waals surface area (Å²) in [4.78, 5) is 30.4. The van der Waals surface area contributed by atoms with Crippen LogP contribution in [0.15, 0.2) is 58.4 Å². The molecule has 3 rings (SSSR count). The lowest BCUT2D eigenvalue weighted by molar-refractivity contribution is -0.121. The molecule has 132 valence electrons. The zero-order valence-corrected chi connectivity index (χ0v) is 15.0. The third kappa shape index (κ3) is 3.78. The van der Waals surface area contributed by atoms with E-state index in [1.807, 2.05) is 0 Å². The molecule has 0 saturated carbocycles. The fraction of sp³-hybridized carbons (Fsp3) is 0.105. The van der Waals surface area contributed by atoms with Crippen LogP contribution < -0.4 is 0 Å². The number of carbonyl (C=O) groups excluding carboxylic acids is 2. The molecule has 0 bridgehead atoms. The lowest BCUT2D eigenvalue weighted by Gasteiger charge is -2.07. The molecule has 1 aliphatic rings. The predicted octanol–water partition coefficient (Wildman–Crippen LogP) is 3.41. The molecule has 1 aliphatic heterocycles. The number of nitrogens with zero attached hydrogens (tertiary/aromatic N) is 2. The highest BCUT2D eigenvalue weighted by Gasteiger charge is 2.30. The van der Waals surface area contributed by atoms with Crippen molar-refractivity contribution < 1.29 is 19.4 Å². The van der Waals surface area contributed by atoms with Gasteiger partial charge >= 0.3 is 5.97 Å². The zero-order valence-electron chi connectivity index (χ0n) is 14.2. The SMILES string of the molecule is COC(=O)c1ccc(N=C2SC(=Cc3ccc(O)cc3)C(=O)N2C)cc1. The molecule has 0 aliphatic carbocycles. The highest BCUT2D eigenvalue weighted by atomic mass is 32.2. The third-order valence-corrected chi connectivity index (χ3v) is 4.77. The highest BCUT2D eigenvalue weighted by Crippen LogP contribution is 2.33. The molecule has 1 saturated heterocycles. The molecular weight excluding hydrogens is 352 g/mol. The number of aromatic hydroxyl groups is 1. The van der Waals surface area contributed by atoms with Crippen molar-refractivity contribution in [3.05, 3.63) is 64.6 Å². The van der Waals surface area contributed by atoms with Crippen molar-refractivity contribution in [2.24, 2.45) is 4.99 Å². The van der Waals surface area contributed by atoms with Crippen molar-refractivity contribution in [1.29, 1.82) is 0 Å². The van der Waals surface area contributed by atoms with Crippen molar-refractivity contribution in [3.8, 4) is 5.75 Å². The van der Waals surface area contributed by atoms with Crippen molar-refractivity contribution in [1.82, 2.24) is 4.90 Å². The number of likely N-dealkylation sites (N-methyl/N-ethyl adjacent to an activating group) is 1. The molecule has 2 aromatic carbocycles. The average molecular weight is 368 g/mol. The number of hydrogen-bond donors (Lipinski definition) is 1. The third-order valence-electron chi connectivity index (χ3n) is 3.71. The number of thioether (sulfide) groups is 1. The molecular formula is C19H16N2O4S. The smallest absolute Gasteiger partial charge is 0.337 e. The van der Waals surface area contributed by atoms with Crippen LogP contribution in [-0.4, -0.2) is 41.2 Å². The van der Waals surface area contributed by atoms with E-state index in [2.05, 4.69) is 9.73 Å². The molecule has 1 N–H and O–H groups in total. The van der Waals surface area contributed by atoms with E-state index in [0.717, 1.165) is 5.56 Å². The van der Waals surface area contributed by atoms with Gasteiger partial charge in [-0.1, -0.05) is 12.1 Å². The van der Waals surface area contributed by atoms with Crippen LogP contribution in [-0.2, 0) is 9.53 Å². The average Bonchev–Trinajstić information content (AvgIpc) is 2.91. The van der Waals surface area contributed by atoms with E-state index in [9.17, 15) is 14.7 Å². The van der Waals surface area contributed by atoms with E-state index in [4.69, 9.17) is 0 Å². The Morgan fingerprint density at radius 1 is 1.15 bits per heavy atom. The summed E-state index contributed by atoms with van der Waals surface area (Å²) in [6.07, 6.45) is 1.76. The summed E-state index contributed by atoms with van der Waals surface area (Å²) in [5.74, 6) is -0.383. The van der Waals surface area contributed by atoms with Crippen molar-refractivity contribution in [2.45, 2.75) is 0 Å². The van der Waals surface area contributed by atoms with E-state index in [0.29, 0.717) is 21.3 Å². The Hall–Kier alpha value is -3.06. The van der Waals surface area contributed by atoms with Gasteiger partial charge in [0.15, 0.2) is 5.17 Å². The van der Waals surface area contributed by atoms with Gasteiger partial charge < -0.3 is 9.84 Å². The molecule has 0 unspecified atom stereocenters. The molecule has 26 heavy (non-hydrogen) atoms. The number of benzene rings is 2. The zero-order chi connectivity index (χ0) is 18.7. The normalized spacial score (nSPS) is 17.2. The number of hydrogen-bond acceptors (Lipinski definition) is 6. The molecule has 0 atom stereocenters. The van der Waals surface area contributed by atoms with E-state index >= 15 is 0 Å². The second-order valence-electron chi connectivity index (χ2n) is 5.50. The van der Waals surface area contributed by atoms with E-state index in [-0.39, 0.29) is 11.7 Å². The second-order valence-corrected chi connectivity index (χ2v) is 6.51. The Morgan fingerprint density at radius 2 is 1.81 bits per heavy atom. The summed E-state index contributed by atoms with van der Waals surface area (Å²) < 4.78 is 4.66. The first-order valence-electron chi connectivity index (χ1n) is 7.71. The molecule has 7 heteroatoms. The number of carbonyl (C=O) groups is 2. The van der Waals surface area contributed by atoms with Gasteiger partial charge in [0.1, 0.15) is 5.75 Å². The van der Waals surface area contributed by atoms with Gasteiger partial charge in [0.2, 0.25) is 0 Å². The van der Waals surface area contributed by atoms with Crippen LogP contribution in [0.1, 0.15) is 15.9 Å². The molecule has 6 nitrogen and oxygen atoms in total. The second kappa shape index (κ2) is 7.45. The van der Waals surface area contributed by atoms with E-state index < -0.39 is 5.97 Å². The first kappa shape index (κ1) is 17.8. The quantitative estimate of drug-likeness (QED) is 0.663. The molecule has 0 aromatic heterocycles. The Balaban J connectivity index is 1.83. The molecule has 1 amide bonds. The number of methoxy groups -OCH3 is 1. The van der Waals surface area contributed by atoms with Crippen LogP contribution in [0.4, 0.5) is 5.69 Å². The molecule has 0 spiro atoms. The first-order chi connectivity index (χ1) is 12.5. The minimum atomic E-state index is -0.411. The number of phenolic OH excluding ortho intramolecular Hbond substituents is 1. The van der Waals surface area contributed by atoms with Crippen LogP contribution >= 0.6 is 11.8 Å². The maximum Gasteiger partial charge on any atom is 0.337 e. The lowest BCUT2D eigenvalue weighted by atomic mass is 10.2. The van der Waals surface area contributed by atoms with Crippen LogP contribution in [0.25, 0.3) is 6.08 Å². The Kier molecular flexibility index (Phi) is 5.09.